The number of hydrogen-bond donors (Lipinski definition) is 2. The molecule has 0 aliphatic rings. The molecule has 2 heterocycles. The van der Waals surface area contributed by atoms with E-state index in [-0.39, 0.29) is 5.75 Å². The van der Waals surface area contributed by atoms with Gasteiger partial charge in [-0.05, 0) is 66.6 Å². The first-order valence-corrected chi connectivity index (χ1v) is 12.0. The highest BCUT2D eigenvalue weighted by Crippen LogP contribution is 2.30. The summed E-state index contributed by atoms with van der Waals surface area (Å²) >= 11 is 0. The molecule has 0 bridgehead atoms. The summed E-state index contributed by atoms with van der Waals surface area (Å²) in [5, 5.41) is 6.53. The summed E-state index contributed by atoms with van der Waals surface area (Å²) < 4.78 is 35.1. The molecule has 0 aliphatic heterocycles. The lowest BCUT2D eigenvalue weighted by molar-refractivity contribution is -0.0498. The van der Waals surface area contributed by atoms with E-state index >= 15 is 0 Å². The van der Waals surface area contributed by atoms with E-state index in [1.54, 1.807) is 37.7 Å². The minimum absolute atomic E-state index is 0.0498. The number of hydrogen-bond acceptors (Lipinski definition) is 6. The van der Waals surface area contributed by atoms with Gasteiger partial charge < -0.3 is 20.1 Å². The number of nitrogens with zero attached hydrogens (tertiary/aromatic N) is 2. The van der Waals surface area contributed by atoms with E-state index in [0.29, 0.717) is 23.0 Å². The number of aromatic nitrogens is 2. The van der Waals surface area contributed by atoms with Gasteiger partial charge in [0.05, 0.1) is 12.8 Å². The van der Waals surface area contributed by atoms with Crippen LogP contribution in [0.15, 0.2) is 98.3 Å². The third-order valence-electron chi connectivity index (χ3n) is 5.76. The molecule has 4 rings (SSSR count). The molecule has 2 N–H and O–H groups in total. The van der Waals surface area contributed by atoms with Crippen LogP contribution in [0.25, 0.3) is 23.0 Å². The van der Waals surface area contributed by atoms with E-state index in [4.69, 9.17) is 4.74 Å². The molecule has 0 atom stereocenters. The number of pyridine rings is 2. The van der Waals surface area contributed by atoms with Crippen molar-refractivity contribution < 1.29 is 18.3 Å². The lowest BCUT2D eigenvalue weighted by Gasteiger charge is -2.17. The molecule has 0 aliphatic carbocycles. The average molecular weight is 527 g/mol. The second-order valence-electron chi connectivity index (χ2n) is 8.55. The first-order chi connectivity index (χ1) is 18.8. The van der Waals surface area contributed by atoms with E-state index < -0.39 is 6.61 Å². The number of rotatable bonds is 11. The van der Waals surface area contributed by atoms with Crippen molar-refractivity contribution in [3.8, 4) is 11.6 Å². The van der Waals surface area contributed by atoms with E-state index in [1.165, 1.54) is 12.1 Å². The molecular weight excluding hydrogens is 498 g/mol. The summed E-state index contributed by atoms with van der Waals surface area (Å²) in [6.45, 7) is 7.44. The molecule has 0 radical (unpaired) electrons. The molecule has 198 valence electrons. The molecule has 6 nitrogen and oxygen atoms in total. The standard InChI is InChI=1S/C31H28F2N4O2/c1-20(29-10-5-6-15-34-29)16-23-11-13-26(36-21(2)24-12-14-30(38-4)35-19-24)18-28(23)22(3)37-25-8-7-9-27(17-25)39-31(32)33/h5-19,31,36-37H,2-3H2,1,4H3/b20-16+. The lowest BCUT2D eigenvalue weighted by atomic mass is 10.00. The monoisotopic (exact) mass is 526 g/mol. The molecule has 0 saturated heterocycles. The summed E-state index contributed by atoms with van der Waals surface area (Å²) in [6, 6.07) is 21.5. The van der Waals surface area contributed by atoms with Crippen LogP contribution in [0.3, 0.4) is 0 Å². The fourth-order valence-electron chi connectivity index (χ4n) is 3.84. The van der Waals surface area contributed by atoms with Crippen LogP contribution in [0.2, 0.25) is 0 Å². The largest absolute Gasteiger partial charge is 0.481 e. The summed E-state index contributed by atoms with van der Waals surface area (Å²) in [6.07, 6.45) is 5.44. The van der Waals surface area contributed by atoms with E-state index in [0.717, 1.165) is 33.6 Å². The molecule has 39 heavy (non-hydrogen) atoms. The van der Waals surface area contributed by atoms with Gasteiger partial charge >= 0.3 is 6.61 Å². The maximum Gasteiger partial charge on any atom is 0.387 e. The van der Waals surface area contributed by atoms with E-state index in [9.17, 15) is 8.78 Å². The van der Waals surface area contributed by atoms with Gasteiger partial charge in [-0.1, -0.05) is 31.4 Å². The number of anilines is 2. The fourth-order valence-corrected chi connectivity index (χ4v) is 3.84. The van der Waals surface area contributed by atoms with Gasteiger partial charge in [0.2, 0.25) is 5.88 Å². The quantitative estimate of drug-likeness (QED) is 0.208. The van der Waals surface area contributed by atoms with Gasteiger partial charge in [0.25, 0.3) is 0 Å². The average Bonchev–Trinajstić information content (AvgIpc) is 2.94. The SMILES string of the molecule is C=C(Nc1ccc(/C=C(\C)c2ccccn2)c(C(=C)Nc2cccc(OC(F)F)c2)c1)c1ccc(OC)nc1. The minimum atomic E-state index is -2.91. The second-order valence-corrected chi connectivity index (χ2v) is 8.55. The van der Waals surface area contributed by atoms with Crippen molar-refractivity contribution in [2.24, 2.45) is 0 Å². The zero-order valence-corrected chi connectivity index (χ0v) is 21.6. The summed E-state index contributed by atoms with van der Waals surface area (Å²) in [5.41, 5.74) is 6.84. The normalized spacial score (nSPS) is 11.2. The first-order valence-electron chi connectivity index (χ1n) is 12.0. The van der Waals surface area contributed by atoms with E-state index in [2.05, 4.69) is 38.5 Å². The van der Waals surface area contributed by atoms with Crippen LogP contribution >= 0.6 is 0 Å². The molecule has 2 aromatic heterocycles. The van der Waals surface area contributed by atoms with Gasteiger partial charge in [0.1, 0.15) is 5.75 Å². The predicted octanol–water partition coefficient (Wildman–Crippen LogP) is 7.81. The Morgan fingerprint density at radius 1 is 0.897 bits per heavy atom. The Kier molecular flexibility index (Phi) is 8.68. The third kappa shape index (κ3) is 7.29. The number of allylic oxidation sites excluding steroid dienone is 1. The van der Waals surface area contributed by atoms with Crippen LogP contribution in [0.4, 0.5) is 20.2 Å². The van der Waals surface area contributed by atoms with Crippen molar-refractivity contribution in [1.82, 2.24) is 9.97 Å². The van der Waals surface area contributed by atoms with Crippen LogP contribution in [0.5, 0.6) is 11.6 Å². The van der Waals surface area contributed by atoms with Crippen LogP contribution in [-0.4, -0.2) is 23.7 Å². The van der Waals surface area contributed by atoms with Crippen molar-refractivity contribution in [3.05, 3.63) is 121 Å². The van der Waals surface area contributed by atoms with Crippen molar-refractivity contribution in [3.63, 3.8) is 0 Å². The molecule has 0 spiro atoms. The van der Waals surface area contributed by atoms with Gasteiger partial charge in [-0.25, -0.2) is 4.98 Å². The molecule has 0 fully saturated rings. The molecule has 0 saturated carbocycles. The molecule has 8 heteroatoms. The topological polar surface area (TPSA) is 68.3 Å². The Labute approximate surface area is 226 Å². The highest BCUT2D eigenvalue weighted by atomic mass is 19.3. The highest BCUT2D eigenvalue weighted by molar-refractivity contribution is 5.88. The minimum Gasteiger partial charge on any atom is -0.481 e. The summed E-state index contributed by atoms with van der Waals surface area (Å²) in [5.74, 6) is 0.562. The third-order valence-corrected chi connectivity index (χ3v) is 5.76. The van der Waals surface area contributed by atoms with Gasteiger partial charge in [-0.2, -0.15) is 8.78 Å². The van der Waals surface area contributed by atoms with Crippen LogP contribution < -0.4 is 20.1 Å². The number of benzene rings is 2. The van der Waals surface area contributed by atoms with Crippen LogP contribution in [-0.2, 0) is 0 Å². The number of ether oxygens (including phenoxy) is 2. The Morgan fingerprint density at radius 3 is 2.38 bits per heavy atom. The van der Waals surface area contributed by atoms with E-state index in [1.807, 2.05) is 55.5 Å². The van der Waals surface area contributed by atoms with Crippen LogP contribution in [0, 0.1) is 0 Å². The fraction of sp³-hybridized carbons (Fsp3) is 0.0968. The lowest BCUT2D eigenvalue weighted by Crippen LogP contribution is -2.04. The number of nitrogens with one attached hydrogen (secondary N) is 2. The molecule has 2 aromatic carbocycles. The van der Waals surface area contributed by atoms with Crippen molar-refractivity contribution in [1.29, 1.82) is 0 Å². The molecular formula is C31H28F2N4O2. The summed E-state index contributed by atoms with van der Waals surface area (Å²) in [4.78, 5) is 8.67. The van der Waals surface area contributed by atoms with Gasteiger partial charge in [0.15, 0.2) is 0 Å². The van der Waals surface area contributed by atoms with Gasteiger partial charge in [0, 0.05) is 58.4 Å². The molecule has 0 amide bonds. The second kappa shape index (κ2) is 12.5. The predicted molar refractivity (Wildman–Crippen MR) is 153 cm³/mol. The van der Waals surface area contributed by atoms with Crippen molar-refractivity contribution in [2.45, 2.75) is 13.5 Å². The maximum absolute atomic E-state index is 12.7. The smallest absolute Gasteiger partial charge is 0.387 e. The first kappa shape index (κ1) is 27.1. The Morgan fingerprint density at radius 2 is 1.69 bits per heavy atom. The Balaban J connectivity index is 1.65. The zero-order chi connectivity index (χ0) is 27.8. The Hall–Kier alpha value is -4.98. The van der Waals surface area contributed by atoms with Gasteiger partial charge in [-0.3, -0.25) is 4.98 Å². The molecule has 4 aromatic rings. The maximum atomic E-state index is 12.7. The van der Waals surface area contributed by atoms with Crippen molar-refractivity contribution in [2.75, 3.05) is 17.7 Å². The molecule has 0 unspecified atom stereocenters. The van der Waals surface area contributed by atoms with Gasteiger partial charge in [-0.15, -0.1) is 0 Å². The van der Waals surface area contributed by atoms with Crippen LogP contribution in [0.1, 0.15) is 29.3 Å². The number of methoxy groups -OCH3 is 1. The highest BCUT2D eigenvalue weighted by Gasteiger charge is 2.11. The van der Waals surface area contributed by atoms with Crippen molar-refractivity contribution >= 4 is 34.4 Å². The Bertz CT molecular complexity index is 1490. The zero-order valence-electron chi connectivity index (χ0n) is 21.6. The number of alkyl halides is 2. The summed E-state index contributed by atoms with van der Waals surface area (Å²) in [7, 11) is 1.56. The number of halogens is 2.